The molecule has 10 heteroatoms. The van der Waals surface area contributed by atoms with Crippen LogP contribution in [0.15, 0.2) is 27.9 Å². The molecule has 0 unspecified atom stereocenters. The number of benzene rings is 1. The van der Waals surface area contributed by atoms with Gasteiger partial charge >= 0.3 is 11.7 Å². The summed E-state index contributed by atoms with van der Waals surface area (Å²) in [6.45, 7) is 1.04. The van der Waals surface area contributed by atoms with Gasteiger partial charge in [0.1, 0.15) is 0 Å². The number of aromatic amines is 2. The third kappa shape index (κ3) is 2.32. The molecule has 4 rings (SSSR count). The van der Waals surface area contributed by atoms with E-state index in [1.54, 1.807) is 0 Å². The molecule has 0 amide bonds. The number of hydrogen-bond donors (Lipinski definition) is 3. The number of fused-ring (bicyclic) bond motifs is 2. The number of carboxylic acids is 1. The van der Waals surface area contributed by atoms with Crippen LogP contribution in [-0.2, 0) is 14.8 Å². The summed E-state index contributed by atoms with van der Waals surface area (Å²) in [6.07, 6.45) is 0. The Morgan fingerprint density at radius 2 is 1.96 bits per heavy atom. The third-order valence-corrected chi connectivity index (χ3v) is 7.11. The lowest BCUT2D eigenvalue weighted by molar-refractivity contribution is -0.148. The maximum atomic E-state index is 13.0. The Morgan fingerprint density at radius 1 is 1.24 bits per heavy atom. The van der Waals surface area contributed by atoms with Crippen molar-refractivity contribution in [1.29, 1.82) is 0 Å². The zero-order valence-corrected chi connectivity index (χ0v) is 14.3. The molecule has 25 heavy (non-hydrogen) atoms. The first-order valence-corrected chi connectivity index (χ1v) is 9.30. The van der Waals surface area contributed by atoms with Gasteiger partial charge in [0.2, 0.25) is 10.0 Å². The highest BCUT2D eigenvalue weighted by Gasteiger charge is 2.59. The normalized spacial score (nSPS) is 27.8. The van der Waals surface area contributed by atoms with Crippen LogP contribution >= 0.6 is 0 Å². The van der Waals surface area contributed by atoms with E-state index in [1.807, 2.05) is 11.9 Å². The molecule has 1 aromatic heterocycles. The van der Waals surface area contributed by atoms with Crippen LogP contribution in [0.2, 0.25) is 0 Å². The van der Waals surface area contributed by atoms with Gasteiger partial charge in [0.15, 0.2) is 0 Å². The van der Waals surface area contributed by atoms with E-state index >= 15 is 0 Å². The summed E-state index contributed by atoms with van der Waals surface area (Å²) in [7, 11) is -1.99. The number of nitrogens with one attached hydrogen (secondary N) is 2. The van der Waals surface area contributed by atoms with Gasteiger partial charge in [0.25, 0.3) is 0 Å². The van der Waals surface area contributed by atoms with Gasteiger partial charge in [-0.25, -0.2) is 13.2 Å². The number of carbonyl (C=O) groups is 1. The molecule has 1 aromatic carbocycles. The molecular weight excluding hydrogens is 348 g/mol. The van der Waals surface area contributed by atoms with E-state index in [4.69, 9.17) is 0 Å². The number of aliphatic carboxylic acids is 1. The van der Waals surface area contributed by atoms with E-state index in [-0.39, 0.29) is 23.9 Å². The lowest BCUT2D eigenvalue weighted by atomic mass is 9.81. The van der Waals surface area contributed by atoms with Crippen molar-refractivity contribution < 1.29 is 18.3 Å². The summed E-state index contributed by atoms with van der Waals surface area (Å²) < 4.78 is 27.2. The van der Waals surface area contributed by atoms with Gasteiger partial charge in [-0.15, -0.1) is 0 Å². The molecule has 2 aliphatic heterocycles. The fourth-order valence-electron chi connectivity index (χ4n) is 4.08. The number of likely N-dealkylation sites (tertiary alicyclic amines) is 1. The van der Waals surface area contributed by atoms with Crippen molar-refractivity contribution in [1.82, 2.24) is 19.2 Å². The second-order valence-electron chi connectivity index (χ2n) is 6.94. The summed E-state index contributed by atoms with van der Waals surface area (Å²) >= 11 is 0. The van der Waals surface area contributed by atoms with Crippen LogP contribution in [0.1, 0.15) is 0 Å². The largest absolute Gasteiger partial charge is 0.481 e. The first-order valence-electron chi connectivity index (χ1n) is 7.86. The predicted molar refractivity (Wildman–Crippen MR) is 88.7 cm³/mol. The van der Waals surface area contributed by atoms with Crippen molar-refractivity contribution in [3.8, 4) is 0 Å². The topological polar surface area (TPSA) is 127 Å². The minimum absolute atomic E-state index is 0.0403. The molecule has 0 spiro atoms. The van der Waals surface area contributed by atoms with Gasteiger partial charge in [-0.05, 0) is 25.2 Å². The first kappa shape index (κ1) is 16.3. The van der Waals surface area contributed by atoms with Crippen molar-refractivity contribution in [2.75, 3.05) is 33.2 Å². The van der Waals surface area contributed by atoms with Crippen LogP contribution in [-0.4, -0.2) is 71.9 Å². The van der Waals surface area contributed by atoms with Gasteiger partial charge in [0.05, 0.1) is 21.3 Å². The fraction of sp³-hybridized carbons (Fsp3) is 0.467. The molecule has 2 fully saturated rings. The second-order valence-corrected chi connectivity index (χ2v) is 8.88. The monoisotopic (exact) mass is 366 g/mol. The predicted octanol–water partition coefficient (Wildman–Crippen LogP) is -0.507. The molecule has 0 bridgehead atoms. The zero-order valence-electron chi connectivity index (χ0n) is 13.5. The molecule has 3 heterocycles. The Bertz CT molecular complexity index is 1030. The highest BCUT2D eigenvalue weighted by molar-refractivity contribution is 7.89. The van der Waals surface area contributed by atoms with Crippen LogP contribution in [0.5, 0.6) is 0 Å². The van der Waals surface area contributed by atoms with E-state index in [0.717, 1.165) is 0 Å². The molecule has 2 saturated heterocycles. The lowest BCUT2D eigenvalue weighted by Gasteiger charge is -2.24. The number of H-pyrrole nitrogens is 2. The van der Waals surface area contributed by atoms with Crippen molar-refractivity contribution >= 4 is 27.0 Å². The van der Waals surface area contributed by atoms with Crippen molar-refractivity contribution in [3.05, 3.63) is 28.7 Å². The SMILES string of the molecule is CN1C[C@H]2CN(S(=O)(=O)c3ccc4[nH]c(=O)[nH]c4c3)C[C@@]2(C(=O)O)C1. The maximum absolute atomic E-state index is 13.0. The average Bonchev–Trinajstić information content (AvgIpc) is 3.15. The van der Waals surface area contributed by atoms with Crippen molar-refractivity contribution in [2.24, 2.45) is 11.3 Å². The molecule has 0 radical (unpaired) electrons. The van der Waals surface area contributed by atoms with Crippen LogP contribution in [0.3, 0.4) is 0 Å². The molecule has 3 N–H and O–H groups in total. The smallest absolute Gasteiger partial charge is 0.323 e. The van der Waals surface area contributed by atoms with Gasteiger partial charge in [-0.1, -0.05) is 0 Å². The van der Waals surface area contributed by atoms with E-state index in [1.165, 1.54) is 22.5 Å². The van der Waals surface area contributed by atoms with E-state index < -0.39 is 27.1 Å². The number of carboxylic acid groups (broad SMARTS) is 1. The molecule has 2 aliphatic rings. The quantitative estimate of drug-likeness (QED) is 0.672. The minimum Gasteiger partial charge on any atom is -0.481 e. The Hall–Kier alpha value is -2.17. The van der Waals surface area contributed by atoms with Crippen molar-refractivity contribution in [3.63, 3.8) is 0 Å². The number of hydrogen-bond acceptors (Lipinski definition) is 5. The molecular formula is C15H18N4O5S. The summed E-state index contributed by atoms with van der Waals surface area (Å²) in [4.78, 5) is 30.3. The van der Waals surface area contributed by atoms with E-state index in [0.29, 0.717) is 24.1 Å². The highest BCUT2D eigenvalue weighted by Crippen LogP contribution is 2.44. The molecule has 134 valence electrons. The molecule has 2 aromatic rings. The lowest BCUT2D eigenvalue weighted by Crippen LogP contribution is -2.41. The summed E-state index contributed by atoms with van der Waals surface area (Å²) in [5.41, 5.74) is -0.550. The van der Waals surface area contributed by atoms with Gasteiger partial charge < -0.3 is 20.0 Å². The highest BCUT2D eigenvalue weighted by atomic mass is 32.2. The maximum Gasteiger partial charge on any atom is 0.323 e. The standard InChI is InChI=1S/C15H18N4O5S/c1-18-5-9-6-19(8-15(9,7-18)13(20)21)25(23,24)10-2-3-11-12(4-10)17-14(22)16-11/h2-4,9H,5-8H2,1H3,(H,20,21)(H2,16,17,22)/t9-,15-/m0/s1. The number of aromatic nitrogens is 2. The summed E-state index contributed by atoms with van der Waals surface area (Å²) in [5.74, 6) is -1.19. The Kier molecular flexibility index (Phi) is 3.37. The van der Waals surface area contributed by atoms with Crippen molar-refractivity contribution in [2.45, 2.75) is 4.90 Å². The third-order valence-electron chi connectivity index (χ3n) is 5.30. The van der Waals surface area contributed by atoms with Crippen LogP contribution < -0.4 is 5.69 Å². The van der Waals surface area contributed by atoms with Gasteiger partial charge in [-0.2, -0.15) is 4.31 Å². The second kappa shape index (κ2) is 5.16. The van der Waals surface area contributed by atoms with Gasteiger partial charge in [0, 0.05) is 32.1 Å². The van der Waals surface area contributed by atoms with E-state index in [2.05, 4.69) is 9.97 Å². The summed E-state index contributed by atoms with van der Waals surface area (Å²) in [6, 6.07) is 4.35. The first-order chi connectivity index (χ1) is 11.7. The molecule has 2 atom stereocenters. The molecule has 0 aliphatic carbocycles. The number of sulfonamides is 1. The van der Waals surface area contributed by atoms with E-state index in [9.17, 15) is 23.1 Å². The summed E-state index contributed by atoms with van der Waals surface area (Å²) in [5, 5.41) is 9.70. The molecule has 9 nitrogen and oxygen atoms in total. The number of rotatable bonds is 3. The molecule has 0 saturated carbocycles. The number of imidazole rings is 1. The van der Waals surface area contributed by atoms with Gasteiger partial charge in [-0.3, -0.25) is 4.79 Å². The average molecular weight is 366 g/mol. The fourth-order valence-corrected chi connectivity index (χ4v) is 5.66. The van der Waals surface area contributed by atoms with Crippen LogP contribution in [0.25, 0.3) is 11.0 Å². The Labute approximate surface area is 143 Å². The Balaban J connectivity index is 1.71. The zero-order chi connectivity index (χ0) is 18.0. The Morgan fingerprint density at radius 3 is 2.64 bits per heavy atom. The van der Waals surface area contributed by atoms with Crippen LogP contribution in [0, 0.1) is 11.3 Å². The van der Waals surface area contributed by atoms with Crippen LogP contribution in [0.4, 0.5) is 0 Å². The minimum atomic E-state index is -3.84. The number of nitrogens with zero attached hydrogens (tertiary/aromatic N) is 2.